The monoisotopic (exact) mass is 399 g/mol. The Hall–Kier alpha value is -2.17. The van der Waals surface area contributed by atoms with Crippen molar-refractivity contribution in [2.75, 3.05) is 63.9 Å². The second-order valence-corrected chi connectivity index (χ2v) is 8.75. The number of nitriles is 1. The van der Waals surface area contributed by atoms with Gasteiger partial charge in [-0.15, -0.1) is 0 Å². The second-order valence-electron chi connectivity index (χ2n) is 8.75. The van der Waals surface area contributed by atoms with Gasteiger partial charge in [0.25, 0.3) is 11.7 Å². The molecule has 0 radical (unpaired) electrons. The number of H-pyrrole nitrogens is 1. The zero-order valence-electron chi connectivity index (χ0n) is 17.7. The highest BCUT2D eigenvalue weighted by Gasteiger charge is 2.35. The molecular weight excluding hydrogens is 366 g/mol. The summed E-state index contributed by atoms with van der Waals surface area (Å²) in [6.07, 6.45) is 3.23. The fourth-order valence-electron chi connectivity index (χ4n) is 4.94. The molecule has 0 atom stereocenters. The number of quaternary nitrogens is 1. The van der Waals surface area contributed by atoms with E-state index in [-0.39, 0.29) is 5.91 Å². The lowest BCUT2D eigenvalue weighted by Crippen LogP contribution is -3.16. The van der Waals surface area contributed by atoms with E-state index in [1.807, 2.05) is 4.90 Å². The summed E-state index contributed by atoms with van der Waals surface area (Å²) in [4.78, 5) is 21.8. The molecule has 0 unspecified atom stereocenters. The minimum absolute atomic E-state index is 0.237. The summed E-state index contributed by atoms with van der Waals surface area (Å²) in [5.41, 5.74) is 4.78. The van der Waals surface area contributed by atoms with Gasteiger partial charge in [0.05, 0.1) is 13.2 Å². The highest BCUT2D eigenvalue weighted by molar-refractivity contribution is 5.77. The summed E-state index contributed by atoms with van der Waals surface area (Å²) >= 11 is 0. The van der Waals surface area contributed by atoms with Gasteiger partial charge >= 0.3 is 0 Å². The van der Waals surface area contributed by atoms with Crippen LogP contribution in [0.15, 0.2) is 0 Å². The van der Waals surface area contributed by atoms with Crippen LogP contribution in [0.3, 0.4) is 0 Å². The molecule has 0 spiro atoms. The number of rotatable bonds is 4. The van der Waals surface area contributed by atoms with Crippen LogP contribution in [0.1, 0.15) is 48.6 Å². The first kappa shape index (κ1) is 20.1. The summed E-state index contributed by atoms with van der Waals surface area (Å²) in [6.45, 7) is 11.3. The number of anilines is 1. The maximum Gasteiger partial charge on any atom is 0.293 e. The van der Waals surface area contributed by atoms with Crippen LogP contribution in [0.5, 0.6) is 0 Å². The summed E-state index contributed by atoms with van der Waals surface area (Å²) in [5, 5.41) is 9.90. The lowest BCUT2D eigenvalue weighted by atomic mass is 9.97. The number of ether oxygens (including phenoxy) is 1. The predicted molar refractivity (Wildman–Crippen MR) is 109 cm³/mol. The Balaban J connectivity index is 1.45. The molecule has 4 rings (SSSR count). The Bertz CT molecular complexity index is 802. The SMILES string of the molecule is CC(C)c1[nH+]c(N2CC[NH+](CC(=O)N3CCOCC3)CC2)c(C#N)c2c1CCC2. The van der Waals surface area contributed by atoms with Crippen LogP contribution in [-0.4, -0.2) is 69.8 Å². The van der Waals surface area contributed by atoms with Gasteiger partial charge < -0.3 is 14.5 Å². The summed E-state index contributed by atoms with van der Waals surface area (Å²) in [5.74, 6) is 1.66. The van der Waals surface area contributed by atoms with Crippen molar-refractivity contribution in [3.8, 4) is 6.07 Å². The van der Waals surface area contributed by atoms with Crippen LogP contribution in [0, 0.1) is 11.3 Å². The van der Waals surface area contributed by atoms with Gasteiger partial charge in [-0.1, -0.05) is 13.8 Å². The Labute approximate surface area is 173 Å². The van der Waals surface area contributed by atoms with E-state index in [2.05, 4.69) is 29.8 Å². The van der Waals surface area contributed by atoms with Crippen molar-refractivity contribution in [3.05, 3.63) is 22.4 Å². The van der Waals surface area contributed by atoms with Crippen molar-refractivity contribution in [1.82, 2.24) is 4.90 Å². The smallest absolute Gasteiger partial charge is 0.293 e. The Morgan fingerprint density at radius 1 is 1.17 bits per heavy atom. The highest BCUT2D eigenvalue weighted by Crippen LogP contribution is 2.33. The number of aromatic nitrogens is 1. The molecule has 0 saturated carbocycles. The van der Waals surface area contributed by atoms with Crippen LogP contribution in [-0.2, 0) is 22.4 Å². The molecule has 7 heteroatoms. The Kier molecular flexibility index (Phi) is 6.02. The predicted octanol–water partition coefficient (Wildman–Crippen LogP) is -0.452. The average molecular weight is 400 g/mol. The van der Waals surface area contributed by atoms with E-state index in [0.717, 1.165) is 56.8 Å². The molecule has 7 nitrogen and oxygen atoms in total. The molecule has 29 heavy (non-hydrogen) atoms. The lowest BCUT2D eigenvalue weighted by molar-refractivity contribution is -0.892. The Morgan fingerprint density at radius 3 is 2.52 bits per heavy atom. The third-order valence-corrected chi connectivity index (χ3v) is 6.58. The van der Waals surface area contributed by atoms with Crippen molar-refractivity contribution < 1.29 is 19.4 Å². The molecule has 2 aliphatic heterocycles. The number of carbonyl (C=O) groups is 1. The van der Waals surface area contributed by atoms with E-state index >= 15 is 0 Å². The molecule has 0 aromatic carbocycles. The first-order valence-electron chi connectivity index (χ1n) is 11.0. The van der Waals surface area contributed by atoms with Gasteiger partial charge in [-0.05, 0) is 30.4 Å². The molecule has 0 bridgehead atoms. The zero-order chi connectivity index (χ0) is 20.4. The molecule has 2 N–H and O–H groups in total. The van der Waals surface area contributed by atoms with Gasteiger partial charge in [0.2, 0.25) is 0 Å². The van der Waals surface area contributed by atoms with Crippen LogP contribution in [0.4, 0.5) is 5.82 Å². The summed E-state index contributed by atoms with van der Waals surface area (Å²) in [6, 6.07) is 2.49. The quantitative estimate of drug-likeness (QED) is 0.744. The minimum atomic E-state index is 0.237. The number of carbonyl (C=O) groups excluding carboxylic acids is 1. The first-order chi connectivity index (χ1) is 14.1. The standard InChI is InChI=1S/C22H31N5O2/c1-16(2)21-18-5-3-4-17(18)19(14-23)22(24-21)27-8-6-25(7-9-27)15-20(28)26-10-12-29-13-11-26/h16H,3-13,15H2,1-2H3/p+2. The third kappa shape index (κ3) is 4.10. The van der Waals surface area contributed by atoms with Gasteiger partial charge in [-0.3, -0.25) is 4.79 Å². The maximum atomic E-state index is 12.6. The molecule has 156 valence electrons. The Morgan fingerprint density at radius 2 is 1.86 bits per heavy atom. The van der Waals surface area contributed by atoms with Gasteiger partial charge in [0.15, 0.2) is 6.54 Å². The molecule has 2 fully saturated rings. The summed E-state index contributed by atoms with van der Waals surface area (Å²) in [7, 11) is 0. The second kappa shape index (κ2) is 8.68. The van der Waals surface area contributed by atoms with Crippen LogP contribution < -0.4 is 14.8 Å². The zero-order valence-corrected chi connectivity index (χ0v) is 17.7. The largest absolute Gasteiger partial charge is 0.378 e. The molecule has 1 aromatic rings. The average Bonchev–Trinajstić information content (AvgIpc) is 3.23. The summed E-state index contributed by atoms with van der Waals surface area (Å²) < 4.78 is 5.35. The van der Waals surface area contributed by atoms with Crippen molar-refractivity contribution in [2.45, 2.75) is 39.0 Å². The van der Waals surface area contributed by atoms with E-state index in [4.69, 9.17) is 4.74 Å². The fourth-order valence-corrected chi connectivity index (χ4v) is 4.94. The molecular formula is C22H33N5O2+2. The van der Waals surface area contributed by atoms with Gasteiger partial charge in [0, 0.05) is 19.0 Å². The van der Waals surface area contributed by atoms with E-state index in [1.165, 1.54) is 21.7 Å². The number of hydrogen-bond acceptors (Lipinski definition) is 4. The van der Waals surface area contributed by atoms with Crippen molar-refractivity contribution in [2.24, 2.45) is 0 Å². The van der Waals surface area contributed by atoms with Crippen LogP contribution in [0.25, 0.3) is 0 Å². The normalized spacial score (nSPS) is 20.1. The molecule has 1 aliphatic carbocycles. The van der Waals surface area contributed by atoms with Gasteiger partial charge in [-0.25, -0.2) is 9.88 Å². The lowest BCUT2D eigenvalue weighted by Gasteiger charge is -2.31. The number of pyridine rings is 1. The number of piperazine rings is 1. The molecule has 1 aromatic heterocycles. The molecule has 2 saturated heterocycles. The highest BCUT2D eigenvalue weighted by atomic mass is 16.5. The van der Waals surface area contributed by atoms with E-state index in [1.54, 1.807) is 0 Å². The fraction of sp³-hybridized carbons (Fsp3) is 0.682. The van der Waals surface area contributed by atoms with Gasteiger partial charge in [-0.2, -0.15) is 5.26 Å². The van der Waals surface area contributed by atoms with E-state index in [9.17, 15) is 10.1 Å². The molecule has 1 amide bonds. The van der Waals surface area contributed by atoms with Crippen LogP contribution in [0.2, 0.25) is 0 Å². The van der Waals surface area contributed by atoms with Crippen LogP contribution >= 0.6 is 0 Å². The number of fused-ring (bicyclic) bond motifs is 1. The van der Waals surface area contributed by atoms with Gasteiger partial charge in [0.1, 0.15) is 43.5 Å². The minimum Gasteiger partial charge on any atom is -0.378 e. The first-order valence-corrected chi connectivity index (χ1v) is 11.0. The number of aromatic amines is 1. The third-order valence-electron chi connectivity index (χ3n) is 6.58. The van der Waals surface area contributed by atoms with E-state index in [0.29, 0.717) is 38.8 Å². The topological polar surface area (TPSA) is 75.2 Å². The maximum absolute atomic E-state index is 12.6. The van der Waals surface area contributed by atoms with Crippen molar-refractivity contribution >= 4 is 11.7 Å². The number of hydrogen-bond donors (Lipinski definition) is 1. The number of nitrogens with zero attached hydrogens (tertiary/aromatic N) is 3. The number of nitrogens with one attached hydrogen (secondary N) is 2. The van der Waals surface area contributed by atoms with Crippen molar-refractivity contribution in [3.63, 3.8) is 0 Å². The molecule has 3 aliphatic rings. The number of amides is 1. The number of morpholine rings is 1. The van der Waals surface area contributed by atoms with Crippen molar-refractivity contribution in [1.29, 1.82) is 5.26 Å². The van der Waals surface area contributed by atoms with E-state index < -0.39 is 0 Å². The molecule has 3 heterocycles.